The zero-order chi connectivity index (χ0) is 13.8. The van der Waals surface area contributed by atoms with E-state index in [4.69, 9.17) is 15.7 Å². The normalized spacial score (nSPS) is 20.2. The average molecular weight is 267 g/mol. The molecule has 1 aliphatic heterocycles. The maximum absolute atomic E-state index is 13.5. The number of hydrogen-bond acceptors (Lipinski definition) is 4. The Bertz CT molecular complexity index is 473. The molecule has 1 aliphatic rings. The smallest absolute Gasteiger partial charge is 0.170 e. The summed E-state index contributed by atoms with van der Waals surface area (Å²) in [5.41, 5.74) is 6.66. The van der Waals surface area contributed by atoms with Crippen LogP contribution >= 0.6 is 0 Å². The molecule has 19 heavy (non-hydrogen) atoms. The molecule has 1 atom stereocenters. The van der Waals surface area contributed by atoms with Crippen molar-refractivity contribution >= 4 is 5.84 Å². The molecule has 0 aromatic heterocycles. The Kier molecular flexibility index (Phi) is 4.34. The van der Waals surface area contributed by atoms with E-state index in [9.17, 15) is 4.39 Å². The average Bonchev–Trinajstić information content (AvgIpc) is 2.91. The highest BCUT2D eigenvalue weighted by atomic mass is 19.1. The molecule has 104 valence electrons. The monoisotopic (exact) mass is 267 g/mol. The molecule has 0 amide bonds. The number of oxime groups is 1. The van der Waals surface area contributed by atoms with Crippen LogP contribution in [-0.4, -0.2) is 42.2 Å². The highest BCUT2D eigenvalue weighted by molar-refractivity contribution is 5.97. The maximum atomic E-state index is 13.5. The van der Waals surface area contributed by atoms with Gasteiger partial charge in [-0.05, 0) is 37.2 Å². The van der Waals surface area contributed by atoms with Crippen LogP contribution in [0.4, 0.5) is 4.39 Å². The van der Waals surface area contributed by atoms with E-state index in [1.165, 1.54) is 12.1 Å². The van der Waals surface area contributed by atoms with Gasteiger partial charge in [-0.1, -0.05) is 5.16 Å². The first-order chi connectivity index (χ1) is 9.10. The summed E-state index contributed by atoms with van der Waals surface area (Å²) in [6.45, 7) is 2.07. The van der Waals surface area contributed by atoms with Crippen molar-refractivity contribution in [3.05, 3.63) is 35.1 Å². The van der Waals surface area contributed by atoms with Crippen molar-refractivity contribution in [2.24, 2.45) is 10.9 Å². The highest BCUT2D eigenvalue weighted by Crippen LogP contribution is 2.16. The maximum Gasteiger partial charge on any atom is 0.170 e. The van der Waals surface area contributed by atoms with E-state index in [2.05, 4.69) is 10.1 Å². The number of likely N-dealkylation sites (N-methyl/N-ethyl adjacent to an activating group) is 1. The Labute approximate surface area is 111 Å². The predicted octanol–water partition coefficient (Wildman–Crippen LogP) is 1.14. The van der Waals surface area contributed by atoms with Crippen molar-refractivity contribution in [2.45, 2.75) is 19.0 Å². The highest BCUT2D eigenvalue weighted by Gasteiger charge is 2.20. The predicted molar refractivity (Wildman–Crippen MR) is 69.6 cm³/mol. The fourth-order valence-corrected chi connectivity index (χ4v) is 2.23. The molecule has 1 aromatic rings. The van der Waals surface area contributed by atoms with E-state index < -0.39 is 5.82 Å². The van der Waals surface area contributed by atoms with Gasteiger partial charge < -0.3 is 15.7 Å². The van der Waals surface area contributed by atoms with E-state index in [0.29, 0.717) is 24.8 Å². The number of benzene rings is 1. The van der Waals surface area contributed by atoms with Gasteiger partial charge in [0.05, 0.1) is 6.61 Å². The van der Waals surface area contributed by atoms with Crippen LogP contribution in [0.5, 0.6) is 0 Å². The Balaban J connectivity index is 2.13. The molecule has 6 heteroatoms. The van der Waals surface area contributed by atoms with Crippen LogP contribution in [0.2, 0.25) is 0 Å². The quantitative estimate of drug-likeness (QED) is 0.371. The van der Waals surface area contributed by atoms with Gasteiger partial charge >= 0.3 is 0 Å². The minimum atomic E-state index is -0.393. The van der Waals surface area contributed by atoms with Gasteiger partial charge in [0, 0.05) is 24.8 Å². The van der Waals surface area contributed by atoms with Crippen molar-refractivity contribution < 1.29 is 14.3 Å². The number of nitrogens with two attached hydrogens (primary N) is 1. The van der Waals surface area contributed by atoms with Gasteiger partial charge in [-0.25, -0.2) is 4.39 Å². The third-order valence-corrected chi connectivity index (χ3v) is 3.32. The molecular weight excluding hydrogens is 249 g/mol. The van der Waals surface area contributed by atoms with E-state index >= 15 is 0 Å². The SMILES string of the molecule is CN(Cc1cc(F)cc(/C(N)=N/O)c1)C1CCOC1. The summed E-state index contributed by atoms with van der Waals surface area (Å²) in [6.07, 6.45) is 0.985. The number of nitrogens with zero attached hydrogens (tertiary/aromatic N) is 2. The Hall–Kier alpha value is -1.66. The van der Waals surface area contributed by atoms with Crippen LogP contribution in [0, 0.1) is 5.82 Å². The largest absolute Gasteiger partial charge is 0.409 e. The lowest BCUT2D eigenvalue weighted by molar-refractivity contribution is 0.156. The zero-order valence-electron chi connectivity index (χ0n) is 10.8. The third kappa shape index (κ3) is 3.42. The molecular formula is C13H18FN3O2. The summed E-state index contributed by atoms with van der Waals surface area (Å²) in [4.78, 5) is 2.12. The molecule has 0 spiro atoms. The lowest BCUT2D eigenvalue weighted by atomic mass is 10.1. The lowest BCUT2D eigenvalue weighted by Gasteiger charge is -2.23. The first kappa shape index (κ1) is 13.8. The summed E-state index contributed by atoms with van der Waals surface area (Å²) in [7, 11) is 1.98. The van der Waals surface area contributed by atoms with Crippen LogP contribution in [0.3, 0.4) is 0 Å². The fourth-order valence-electron chi connectivity index (χ4n) is 2.23. The van der Waals surface area contributed by atoms with E-state index in [1.807, 2.05) is 7.05 Å². The molecule has 1 heterocycles. The first-order valence-corrected chi connectivity index (χ1v) is 6.15. The third-order valence-electron chi connectivity index (χ3n) is 3.32. The number of hydrogen-bond donors (Lipinski definition) is 2. The van der Waals surface area contributed by atoms with Gasteiger partial charge in [-0.3, -0.25) is 4.90 Å². The van der Waals surface area contributed by atoms with Crippen LogP contribution in [0.1, 0.15) is 17.5 Å². The van der Waals surface area contributed by atoms with Gasteiger partial charge in [-0.2, -0.15) is 0 Å². The number of amidine groups is 1. The number of rotatable bonds is 4. The molecule has 5 nitrogen and oxygen atoms in total. The van der Waals surface area contributed by atoms with Gasteiger partial charge in [-0.15, -0.1) is 0 Å². The van der Waals surface area contributed by atoms with Crippen molar-refractivity contribution in [3.8, 4) is 0 Å². The molecule has 0 aliphatic carbocycles. The van der Waals surface area contributed by atoms with E-state index in [1.54, 1.807) is 6.07 Å². The Morgan fingerprint density at radius 2 is 2.37 bits per heavy atom. The fraction of sp³-hybridized carbons (Fsp3) is 0.462. The lowest BCUT2D eigenvalue weighted by Crippen LogP contribution is -2.31. The second-order valence-corrected chi connectivity index (χ2v) is 4.77. The standard InChI is InChI=1S/C13H18FN3O2/c1-17(12-2-3-19-8-12)7-9-4-10(13(15)16-18)6-11(14)5-9/h4-6,12,18H,2-3,7-8H2,1H3,(H2,15,16). The minimum Gasteiger partial charge on any atom is -0.409 e. The van der Waals surface area contributed by atoms with E-state index in [-0.39, 0.29) is 5.84 Å². The molecule has 1 aromatic carbocycles. The van der Waals surface area contributed by atoms with Crippen molar-refractivity contribution in [3.63, 3.8) is 0 Å². The first-order valence-electron chi connectivity index (χ1n) is 6.15. The minimum absolute atomic E-state index is 0.0902. The van der Waals surface area contributed by atoms with Crippen LogP contribution in [0.15, 0.2) is 23.4 Å². The van der Waals surface area contributed by atoms with Crippen LogP contribution in [0.25, 0.3) is 0 Å². The van der Waals surface area contributed by atoms with Crippen molar-refractivity contribution in [1.82, 2.24) is 4.90 Å². The molecule has 0 saturated carbocycles. The topological polar surface area (TPSA) is 71.1 Å². The molecule has 0 radical (unpaired) electrons. The van der Waals surface area contributed by atoms with Crippen molar-refractivity contribution in [1.29, 1.82) is 0 Å². The molecule has 1 fully saturated rings. The van der Waals surface area contributed by atoms with E-state index in [0.717, 1.165) is 18.6 Å². The zero-order valence-corrected chi connectivity index (χ0v) is 10.8. The molecule has 1 saturated heterocycles. The van der Waals surface area contributed by atoms with Gasteiger partial charge in [0.2, 0.25) is 0 Å². The van der Waals surface area contributed by atoms with Crippen LogP contribution < -0.4 is 5.73 Å². The second-order valence-electron chi connectivity index (χ2n) is 4.77. The summed E-state index contributed by atoms with van der Waals surface area (Å²) in [6, 6.07) is 4.79. The van der Waals surface area contributed by atoms with Gasteiger partial charge in [0.1, 0.15) is 5.82 Å². The molecule has 2 rings (SSSR count). The summed E-state index contributed by atoms with van der Waals surface area (Å²) in [5, 5.41) is 11.5. The van der Waals surface area contributed by atoms with Gasteiger partial charge in [0.25, 0.3) is 0 Å². The van der Waals surface area contributed by atoms with Crippen molar-refractivity contribution in [2.75, 3.05) is 20.3 Å². The Morgan fingerprint density at radius 3 is 3.00 bits per heavy atom. The molecule has 1 unspecified atom stereocenters. The number of ether oxygens (including phenoxy) is 1. The Morgan fingerprint density at radius 1 is 1.58 bits per heavy atom. The molecule has 0 bridgehead atoms. The summed E-state index contributed by atoms with van der Waals surface area (Å²) < 4.78 is 18.8. The summed E-state index contributed by atoms with van der Waals surface area (Å²) >= 11 is 0. The molecule has 3 N–H and O–H groups in total. The summed E-state index contributed by atoms with van der Waals surface area (Å²) in [5.74, 6) is -0.484. The second kappa shape index (κ2) is 5.99. The van der Waals surface area contributed by atoms with Crippen LogP contribution in [-0.2, 0) is 11.3 Å². The number of halogens is 1. The van der Waals surface area contributed by atoms with Gasteiger partial charge in [0.15, 0.2) is 5.84 Å².